The van der Waals surface area contributed by atoms with Crippen LogP contribution in [-0.2, 0) is 0 Å². The van der Waals surface area contributed by atoms with Crippen LogP contribution in [0.2, 0.25) is 0 Å². The Morgan fingerprint density at radius 1 is 1.47 bits per heavy atom. The topological polar surface area (TPSA) is 38.5 Å². The third-order valence-corrected chi connectivity index (χ3v) is 5.16. The van der Waals surface area contributed by atoms with E-state index in [-0.39, 0.29) is 4.93 Å². The Morgan fingerprint density at radius 2 is 2.26 bits per heavy atom. The lowest BCUT2D eigenvalue weighted by Gasteiger charge is -2.23. The highest BCUT2D eigenvalue weighted by Crippen LogP contribution is 2.51. The van der Waals surface area contributed by atoms with Crippen molar-refractivity contribution >= 4 is 11.8 Å². The summed E-state index contributed by atoms with van der Waals surface area (Å²) in [5.74, 6) is 1.69. The SMILES string of the molecule is CN1CC(CN)CC1c1cccc2c1OC(C)(C)S2. The second-order valence-electron chi connectivity index (χ2n) is 6.07. The molecule has 0 radical (unpaired) electrons. The molecule has 19 heavy (non-hydrogen) atoms. The van der Waals surface area contributed by atoms with E-state index in [0.717, 1.165) is 25.3 Å². The molecule has 0 spiro atoms. The average Bonchev–Trinajstić information content (AvgIpc) is 2.86. The van der Waals surface area contributed by atoms with Crippen molar-refractivity contribution in [1.29, 1.82) is 0 Å². The van der Waals surface area contributed by atoms with Crippen LogP contribution in [0.25, 0.3) is 0 Å². The number of thioether (sulfide) groups is 1. The lowest BCUT2D eigenvalue weighted by atomic mass is 9.99. The van der Waals surface area contributed by atoms with Crippen molar-refractivity contribution in [3.63, 3.8) is 0 Å². The van der Waals surface area contributed by atoms with Crippen molar-refractivity contribution in [2.24, 2.45) is 11.7 Å². The predicted octanol–water partition coefficient (Wildman–Crippen LogP) is 2.86. The van der Waals surface area contributed by atoms with Gasteiger partial charge < -0.3 is 10.5 Å². The molecule has 4 heteroatoms. The van der Waals surface area contributed by atoms with Crippen molar-refractivity contribution in [2.45, 2.75) is 36.1 Å². The van der Waals surface area contributed by atoms with E-state index in [0.29, 0.717) is 12.0 Å². The smallest absolute Gasteiger partial charge is 0.153 e. The van der Waals surface area contributed by atoms with E-state index in [2.05, 4.69) is 44.0 Å². The number of para-hydroxylation sites is 1. The van der Waals surface area contributed by atoms with E-state index in [1.54, 1.807) is 0 Å². The van der Waals surface area contributed by atoms with Gasteiger partial charge in [-0.15, -0.1) is 0 Å². The first-order chi connectivity index (χ1) is 9.00. The number of ether oxygens (including phenoxy) is 1. The molecule has 2 aliphatic heterocycles. The highest BCUT2D eigenvalue weighted by molar-refractivity contribution is 8.00. The van der Waals surface area contributed by atoms with Crippen LogP contribution in [0.3, 0.4) is 0 Å². The number of nitrogens with two attached hydrogens (primary N) is 1. The van der Waals surface area contributed by atoms with E-state index in [9.17, 15) is 0 Å². The molecule has 0 amide bonds. The molecule has 0 bridgehead atoms. The maximum atomic E-state index is 6.16. The summed E-state index contributed by atoms with van der Waals surface area (Å²) in [7, 11) is 2.19. The van der Waals surface area contributed by atoms with Crippen LogP contribution in [0.5, 0.6) is 5.75 Å². The molecule has 3 rings (SSSR count). The van der Waals surface area contributed by atoms with Gasteiger partial charge in [0.2, 0.25) is 0 Å². The van der Waals surface area contributed by atoms with Crippen molar-refractivity contribution in [3.05, 3.63) is 23.8 Å². The molecule has 2 aliphatic rings. The molecule has 1 aromatic rings. The van der Waals surface area contributed by atoms with Crippen LogP contribution < -0.4 is 10.5 Å². The fraction of sp³-hybridized carbons (Fsp3) is 0.600. The lowest BCUT2D eigenvalue weighted by Crippen LogP contribution is -2.22. The summed E-state index contributed by atoms with van der Waals surface area (Å²) in [6, 6.07) is 6.96. The minimum atomic E-state index is -0.150. The van der Waals surface area contributed by atoms with Crippen LogP contribution in [-0.4, -0.2) is 30.0 Å². The Balaban J connectivity index is 1.94. The molecule has 1 fully saturated rings. The zero-order valence-corrected chi connectivity index (χ0v) is 12.7. The largest absolute Gasteiger partial charge is 0.475 e. The van der Waals surface area contributed by atoms with Gasteiger partial charge in [-0.25, -0.2) is 0 Å². The molecule has 3 nitrogen and oxygen atoms in total. The molecule has 1 saturated heterocycles. The fourth-order valence-corrected chi connectivity index (χ4v) is 4.21. The molecule has 2 unspecified atom stereocenters. The summed E-state index contributed by atoms with van der Waals surface area (Å²) < 4.78 is 6.16. The molecule has 0 saturated carbocycles. The molecule has 104 valence electrons. The summed E-state index contributed by atoms with van der Waals surface area (Å²) in [6.45, 7) is 6.11. The van der Waals surface area contributed by atoms with Crippen LogP contribution >= 0.6 is 11.8 Å². The summed E-state index contributed by atoms with van der Waals surface area (Å²) in [5, 5.41) is 0. The van der Waals surface area contributed by atoms with Crippen LogP contribution in [0.15, 0.2) is 23.1 Å². The van der Waals surface area contributed by atoms with E-state index in [4.69, 9.17) is 10.5 Å². The normalized spacial score (nSPS) is 29.3. The zero-order chi connectivity index (χ0) is 13.6. The lowest BCUT2D eigenvalue weighted by molar-refractivity contribution is 0.206. The van der Waals surface area contributed by atoms with Gasteiger partial charge in [0.25, 0.3) is 0 Å². The Bertz CT molecular complexity index is 489. The van der Waals surface area contributed by atoms with E-state index in [1.807, 2.05) is 11.8 Å². The highest BCUT2D eigenvalue weighted by Gasteiger charge is 2.37. The third kappa shape index (κ3) is 2.37. The minimum Gasteiger partial charge on any atom is -0.475 e. The Morgan fingerprint density at radius 3 is 2.95 bits per heavy atom. The van der Waals surface area contributed by atoms with Gasteiger partial charge in [0, 0.05) is 18.2 Å². The molecule has 2 N–H and O–H groups in total. The Kier molecular flexibility index (Phi) is 3.28. The summed E-state index contributed by atoms with van der Waals surface area (Å²) >= 11 is 1.81. The number of nitrogens with zero attached hydrogens (tertiary/aromatic N) is 1. The van der Waals surface area contributed by atoms with Gasteiger partial charge in [-0.2, -0.15) is 0 Å². The van der Waals surface area contributed by atoms with Crippen LogP contribution in [0.4, 0.5) is 0 Å². The number of hydrogen-bond acceptors (Lipinski definition) is 4. The first kappa shape index (κ1) is 13.3. The van der Waals surface area contributed by atoms with Gasteiger partial charge in [0.15, 0.2) is 4.93 Å². The number of hydrogen-bond donors (Lipinski definition) is 1. The summed E-state index contributed by atoms with van der Waals surface area (Å²) in [6.07, 6.45) is 1.14. The molecule has 2 atom stereocenters. The second kappa shape index (κ2) is 4.69. The molecule has 1 aromatic carbocycles. The van der Waals surface area contributed by atoms with Gasteiger partial charge >= 0.3 is 0 Å². The number of likely N-dealkylation sites (tertiary alicyclic amines) is 1. The Labute approximate surface area is 119 Å². The van der Waals surface area contributed by atoms with Crippen molar-refractivity contribution < 1.29 is 4.74 Å². The summed E-state index contributed by atoms with van der Waals surface area (Å²) in [5.41, 5.74) is 7.16. The molecule has 0 aromatic heterocycles. The van der Waals surface area contributed by atoms with Gasteiger partial charge in [0.1, 0.15) is 5.75 Å². The fourth-order valence-electron chi connectivity index (χ4n) is 3.16. The first-order valence-electron chi connectivity index (χ1n) is 6.91. The molecular weight excluding hydrogens is 256 g/mol. The number of benzene rings is 1. The molecule has 2 heterocycles. The minimum absolute atomic E-state index is 0.150. The average molecular weight is 278 g/mol. The molecule has 0 aliphatic carbocycles. The monoisotopic (exact) mass is 278 g/mol. The van der Waals surface area contributed by atoms with E-state index >= 15 is 0 Å². The maximum absolute atomic E-state index is 6.16. The quantitative estimate of drug-likeness (QED) is 0.903. The second-order valence-corrected chi connectivity index (χ2v) is 7.70. The number of rotatable bonds is 2. The standard InChI is InChI=1S/C15H22N2OS/c1-15(2)18-14-11(5-4-6-13(14)19-15)12-7-10(8-16)9-17(12)3/h4-6,10,12H,7-9,16H2,1-3H3. The summed E-state index contributed by atoms with van der Waals surface area (Å²) in [4.78, 5) is 3.53. The predicted molar refractivity (Wildman–Crippen MR) is 79.5 cm³/mol. The van der Waals surface area contributed by atoms with Gasteiger partial charge in [-0.1, -0.05) is 23.9 Å². The van der Waals surface area contributed by atoms with Crippen LogP contribution in [0, 0.1) is 5.92 Å². The number of fused-ring (bicyclic) bond motifs is 1. The van der Waals surface area contributed by atoms with Gasteiger partial charge in [-0.05, 0) is 45.8 Å². The third-order valence-electron chi connectivity index (χ3n) is 4.04. The maximum Gasteiger partial charge on any atom is 0.153 e. The van der Waals surface area contributed by atoms with Gasteiger partial charge in [0.05, 0.1) is 4.90 Å². The van der Waals surface area contributed by atoms with Crippen molar-refractivity contribution in [1.82, 2.24) is 4.90 Å². The Hall–Kier alpha value is -0.710. The van der Waals surface area contributed by atoms with E-state index < -0.39 is 0 Å². The van der Waals surface area contributed by atoms with Crippen molar-refractivity contribution in [2.75, 3.05) is 20.1 Å². The molecular formula is C15H22N2OS. The van der Waals surface area contributed by atoms with Crippen LogP contribution in [0.1, 0.15) is 31.9 Å². The highest BCUT2D eigenvalue weighted by atomic mass is 32.2. The van der Waals surface area contributed by atoms with Crippen molar-refractivity contribution in [3.8, 4) is 5.75 Å². The van der Waals surface area contributed by atoms with Gasteiger partial charge in [-0.3, -0.25) is 4.90 Å². The zero-order valence-electron chi connectivity index (χ0n) is 11.8. The van der Waals surface area contributed by atoms with E-state index in [1.165, 1.54) is 10.5 Å². The first-order valence-corrected chi connectivity index (χ1v) is 7.73.